The first-order chi connectivity index (χ1) is 15.9. The van der Waals surface area contributed by atoms with Crippen LogP contribution in [0.25, 0.3) is 0 Å². The first-order valence-electron chi connectivity index (χ1n) is 10.7. The lowest BCUT2D eigenvalue weighted by Crippen LogP contribution is -2.32. The Balaban J connectivity index is 1.58. The molecule has 1 N–H and O–H groups in total. The lowest BCUT2D eigenvalue weighted by atomic mass is 10.1. The molecular formula is C24H23Cl2N3O4. The van der Waals surface area contributed by atoms with Gasteiger partial charge < -0.3 is 15.0 Å². The average Bonchev–Trinajstić information content (AvgIpc) is 3.02. The predicted molar refractivity (Wildman–Crippen MR) is 128 cm³/mol. The Kier molecular flexibility index (Phi) is 6.91. The summed E-state index contributed by atoms with van der Waals surface area (Å²) in [6.07, 6.45) is 4.24. The van der Waals surface area contributed by atoms with Gasteiger partial charge in [0.1, 0.15) is 16.5 Å². The summed E-state index contributed by atoms with van der Waals surface area (Å²) in [5.74, 6) is -1.09. The normalized spacial score (nSPS) is 16.8. The van der Waals surface area contributed by atoms with Gasteiger partial charge in [0.15, 0.2) is 0 Å². The monoisotopic (exact) mass is 487 g/mol. The van der Waals surface area contributed by atoms with Gasteiger partial charge >= 0.3 is 0 Å². The minimum Gasteiger partial charge on any atom is -0.495 e. The third-order valence-electron chi connectivity index (χ3n) is 5.68. The fraction of sp³-hybridized carbons (Fsp3) is 0.292. The van der Waals surface area contributed by atoms with E-state index >= 15 is 0 Å². The Morgan fingerprint density at radius 2 is 1.70 bits per heavy atom. The van der Waals surface area contributed by atoms with Crippen LogP contribution >= 0.6 is 23.2 Å². The van der Waals surface area contributed by atoms with Crippen LogP contribution in [0.4, 0.5) is 11.4 Å². The molecule has 9 heteroatoms. The van der Waals surface area contributed by atoms with Crippen molar-refractivity contribution in [3.05, 3.63) is 63.8 Å². The van der Waals surface area contributed by atoms with Crippen molar-refractivity contribution in [3.63, 3.8) is 0 Å². The summed E-state index contributed by atoms with van der Waals surface area (Å²) >= 11 is 12.3. The van der Waals surface area contributed by atoms with E-state index in [9.17, 15) is 14.4 Å². The van der Waals surface area contributed by atoms with Crippen LogP contribution < -0.4 is 15.0 Å². The highest BCUT2D eigenvalue weighted by Gasteiger charge is 2.40. The van der Waals surface area contributed by atoms with Crippen molar-refractivity contribution in [1.82, 2.24) is 4.90 Å². The predicted octanol–water partition coefficient (Wildman–Crippen LogP) is 4.80. The van der Waals surface area contributed by atoms with Gasteiger partial charge in [-0.15, -0.1) is 0 Å². The van der Waals surface area contributed by atoms with Crippen LogP contribution in [0.1, 0.15) is 36.0 Å². The first-order valence-corrected chi connectivity index (χ1v) is 11.4. The second-order valence-electron chi connectivity index (χ2n) is 7.86. The molecule has 0 unspecified atom stereocenters. The van der Waals surface area contributed by atoms with Crippen molar-refractivity contribution in [3.8, 4) is 5.75 Å². The van der Waals surface area contributed by atoms with Crippen molar-refractivity contribution < 1.29 is 19.1 Å². The maximum atomic E-state index is 13.1. The number of imide groups is 1. The van der Waals surface area contributed by atoms with Gasteiger partial charge in [-0.3, -0.25) is 14.4 Å². The molecule has 0 atom stereocenters. The summed E-state index contributed by atoms with van der Waals surface area (Å²) in [7, 11) is 1.43. The molecule has 0 aromatic heterocycles. The van der Waals surface area contributed by atoms with Gasteiger partial charge in [0, 0.05) is 29.4 Å². The fourth-order valence-electron chi connectivity index (χ4n) is 4.00. The molecule has 2 aliphatic heterocycles. The molecule has 0 radical (unpaired) electrons. The molecule has 2 aliphatic rings. The molecule has 0 aliphatic carbocycles. The van der Waals surface area contributed by atoms with Crippen LogP contribution in [-0.4, -0.2) is 42.8 Å². The number of carbonyl (C=O) groups excluding carboxylic acids is 3. The van der Waals surface area contributed by atoms with Gasteiger partial charge in [0.25, 0.3) is 17.7 Å². The number of hydrogen-bond acceptors (Lipinski definition) is 5. The SMILES string of the molecule is COc1ccc(Cl)cc1N1C(=O)C(Cl)=C(Nc2cccc(C(=O)N3CCCCCC3)c2)C1=O. The second kappa shape index (κ2) is 9.85. The standard InChI is InChI=1S/C24H23Cl2N3O4/c1-33-19-10-9-16(25)14-18(19)29-23(31)20(26)21(24(29)32)27-17-8-6-7-15(13-17)22(30)28-11-4-2-3-5-12-28/h6-10,13-14,27H,2-5,11-12H2,1H3. The topological polar surface area (TPSA) is 79.0 Å². The van der Waals surface area contributed by atoms with Crippen LogP contribution in [0.2, 0.25) is 5.02 Å². The number of amides is 3. The van der Waals surface area contributed by atoms with E-state index in [-0.39, 0.29) is 22.3 Å². The number of halogens is 2. The molecule has 2 aromatic carbocycles. The molecule has 2 aromatic rings. The number of benzene rings is 2. The summed E-state index contributed by atoms with van der Waals surface area (Å²) in [5, 5.41) is 3.00. The highest BCUT2D eigenvalue weighted by molar-refractivity contribution is 6.53. The highest BCUT2D eigenvalue weighted by atomic mass is 35.5. The first kappa shape index (κ1) is 23.1. The van der Waals surface area contributed by atoms with E-state index in [1.165, 1.54) is 13.2 Å². The van der Waals surface area contributed by atoms with Crippen LogP contribution in [0.5, 0.6) is 5.75 Å². The number of ether oxygens (including phenoxy) is 1. The smallest absolute Gasteiger partial charge is 0.283 e. The van der Waals surface area contributed by atoms with E-state index in [1.807, 2.05) is 4.90 Å². The zero-order chi connectivity index (χ0) is 23.5. The zero-order valence-corrected chi connectivity index (χ0v) is 19.6. The zero-order valence-electron chi connectivity index (χ0n) is 18.1. The van der Waals surface area contributed by atoms with E-state index in [2.05, 4.69) is 5.32 Å². The summed E-state index contributed by atoms with van der Waals surface area (Å²) in [5.41, 5.74) is 1.09. The molecule has 0 spiro atoms. The van der Waals surface area contributed by atoms with E-state index in [0.717, 1.165) is 43.7 Å². The number of nitrogens with one attached hydrogen (secondary N) is 1. The fourth-order valence-corrected chi connectivity index (χ4v) is 4.38. The third-order valence-corrected chi connectivity index (χ3v) is 6.27. The van der Waals surface area contributed by atoms with Crippen molar-refractivity contribution in [2.24, 2.45) is 0 Å². The Hall–Kier alpha value is -3.03. The molecule has 172 valence electrons. The van der Waals surface area contributed by atoms with Gasteiger partial charge in [-0.25, -0.2) is 4.90 Å². The van der Waals surface area contributed by atoms with Gasteiger partial charge in [-0.2, -0.15) is 0 Å². The number of likely N-dealkylation sites (tertiary alicyclic amines) is 1. The van der Waals surface area contributed by atoms with Crippen molar-refractivity contribution >= 4 is 52.3 Å². The molecule has 1 fully saturated rings. The molecule has 33 heavy (non-hydrogen) atoms. The molecule has 7 nitrogen and oxygen atoms in total. The Morgan fingerprint density at radius 3 is 2.39 bits per heavy atom. The summed E-state index contributed by atoms with van der Waals surface area (Å²) in [6, 6.07) is 11.4. The minimum absolute atomic E-state index is 0.0558. The summed E-state index contributed by atoms with van der Waals surface area (Å²) in [6.45, 7) is 1.47. The summed E-state index contributed by atoms with van der Waals surface area (Å²) in [4.78, 5) is 41.7. The van der Waals surface area contributed by atoms with E-state index in [0.29, 0.717) is 22.0 Å². The lowest BCUT2D eigenvalue weighted by molar-refractivity contribution is -0.120. The molecule has 2 heterocycles. The Labute approximate surface area is 201 Å². The number of hydrogen-bond donors (Lipinski definition) is 1. The molecular weight excluding hydrogens is 465 g/mol. The van der Waals surface area contributed by atoms with Gasteiger partial charge in [-0.1, -0.05) is 42.1 Å². The van der Waals surface area contributed by atoms with Crippen molar-refractivity contribution in [1.29, 1.82) is 0 Å². The molecule has 0 bridgehead atoms. The van der Waals surface area contributed by atoms with E-state index < -0.39 is 11.8 Å². The van der Waals surface area contributed by atoms with Gasteiger partial charge in [0.05, 0.1) is 12.8 Å². The molecule has 0 saturated carbocycles. The van der Waals surface area contributed by atoms with Crippen LogP contribution in [-0.2, 0) is 9.59 Å². The number of methoxy groups -OCH3 is 1. The van der Waals surface area contributed by atoms with Crippen LogP contribution in [0.15, 0.2) is 53.2 Å². The largest absolute Gasteiger partial charge is 0.495 e. The van der Waals surface area contributed by atoms with Gasteiger partial charge in [0.2, 0.25) is 0 Å². The third kappa shape index (κ3) is 4.70. The summed E-state index contributed by atoms with van der Waals surface area (Å²) < 4.78 is 5.28. The molecule has 1 saturated heterocycles. The maximum absolute atomic E-state index is 13.1. The number of rotatable bonds is 5. The van der Waals surface area contributed by atoms with Crippen molar-refractivity contribution in [2.45, 2.75) is 25.7 Å². The van der Waals surface area contributed by atoms with Crippen LogP contribution in [0, 0.1) is 0 Å². The lowest BCUT2D eigenvalue weighted by Gasteiger charge is -2.21. The average molecular weight is 488 g/mol. The van der Waals surface area contributed by atoms with E-state index in [4.69, 9.17) is 27.9 Å². The minimum atomic E-state index is -0.693. The van der Waals surface area contributed by atoms with Crippen LogP contribution in [0.3, 0.4) is 0 Å². The second-order valence-corrected chi connectivity index (χ2v) is 8.68. The van der Waals surface area contributed by atoms with E-state index in [1.54, 1.807) is 36.4 Å². The van der Waals surface area contributed by atoms with Gasteiger partial charge in [-0.05, 0) is 49.2 Å². The number of nitrogens with zero attached hydrogens (tertiary/aromatic N) is 2. The number of anilines is 2. The quantitative estimate of drug-likeness (QED) is 0.612. The Bertz CT molecular complexity index is 1140. The maximum Gasteiger partial charge on any atom is 0.283 e. The Morgan fingerprint density at radius 1 is 0.970 bits per heavy atom. The molecule has 4 rings (SSSR count). The highest BCUT2D eigenvalue weighted by Crippen LogP contribution is 2.37. The number of carbonyl (C=O) groups is 3. The molecule has 3 amide bonds. The van der Waals surface area contributed by atoms with Crippen molar-refractivity contribution in [2.75, 3.05) is 30.4 Å².